The fourth-order valence-electron chi connectivity index (χ4n) is 1.91. The third kappa shape index (κ3) is 4.84. The van der Waals surface area contributed by atoms with Crippen molar-refractivity contribution in [1.29, 1.82) is 0 Å². The van der Waals surface area contributed by atoms with Gasteiger partial charge in [0.2, 0.25) is 0 Å². The largest absolute Gasteiger partial charge is 0.416 e. The maximum Gasteiger partial charge on any atom is 0.416 e. The molecule has 0 aliphatic rings. The van der Waals surface area contributed by atoms with Crippen molar-refractivity contribution in [3.05, 3.63) is 35.4 Å². The molecule has 0 aliphatic carbocycles. The summed E-state index contributed by atoms with van der Waals surface area (Å²) >= 11 is 0. The Balaban J connectivity index is 2.75. The number of halogens is 3. The molecule has 1 rings (SSSR count). The molecule has 0 saturated carbocycles. The molecule has 2 atom stereocenters. The molecule has 108 valence electrons. The summed E-state index contributed by atoms with van der Waals surface area (Å²) in [6.45, 7) is 4.72. The van der Waals surface area contributed by atoms with Gasteiger partial charge in [0.25, 0.3) is 0 Å². The third-order valence-electron chi connectivity index (χ3n) is 3.14. The van der Waals surface area contributed by atoms with E-state index in [0.29, 0.717) is 6.42 Å². The Labute approximate surface area is 112 Å². The van der Waals surface area contributed by atoms with Gasteiger partial charge in [-0.1, -0.05) is 19.1 Å². The van der Waals surface area contributed by atoms with Gasteiger partial charge in [0.1, 0.15) is 0 Å². The smallest absolute Gasteiger partial charge is 0.380 e. The molecule has 1 aromatic carbocycles. The molecular weight excluding hydrogens is 255 g/mol. The van der Waals surface area contributed by atoms with E-state index in [1.165, 1.54) is 12.1 Å². The van der Waals surface area contributed by atoms with Crippen LogP contribution in [0.4, 0.5) is 13.2 Å². The van der Waals surface area contributed by atoms with Crippen LogP contribution in [-0.4, -0.2) is 25.8 Å². The van der Waals surface area contributed by atoms with Gasteiger partial charge in [0.05, 0.1) is 11.7 Å². The Morgan fingerprint density at radius 1 is 1.21 bits per heavy atom. The number of alkyl halides is 3. The van der Waals surface area contributed by atoms with E-state index in [4.69, 9.17) is 4.74 Å². The normalized spacial score (nSPS) is 15.3. The van der Waals surface area contributed by atoms with Crippen LogP contribution in [0.5, 0.6) is 0 Å². The van der Waals surface area contributed by atoms with E-state index in [0.717, 1.165) is 24.2 Å². The van der Waals surface area contributed by atoms with E-state index in [2.05, 4.69) is 5.32 Å². The summed E-state index contributed by atoms with van der Waals surface area (Å²) in [7, 11) is 1.63. The molecule has 2 unspecified atom stereocenters. The van der Waals surface area contributed by atoms with E-state index in [9.17, 15) is 13.2 Å². The fourth-order valence-corrected chi connectivity index (χ4v) is 1.91. The molecule has 0 saturated heterocycles. The molecule has 0 fully saturated rings. The minimum Gasteiger partial charge on any atom is -0.380 e. The summed E-state index contributed by atoms with van der Waals surface area (Å²) in [4.78, 5) is 0. The van der Waals surface area contributed by atoms with Crippen molar-refractivity contribution in [2.45, 2.75) is 38.6 Å². The Hall–Kier alpha value is -1.07. The van der Waals surface area contributed by atoms with Crippen molar-refractivity contribution in [2.75, 3.05) is 13.7 Å². The van der Waals surface area contributed by atoms with Gasteiger partial charge >= 0.3 is 6.18 Å². The quantitative estimate of drug-likeness (QED) is 0.860. The van der Waals surface area contributed by atoms with Crippen molar-refractivity contribution in [1.82, 2.24) is 5.32 Å². The van der Waals surface area contributed by atoms with E-state index >= 15 is 0 Å². The molecule has 19 heavy (non-hydrogen) atoms. The summed E-state index contributed by atoms with van der Waals surface area (Å²) in [6, 6.07) is 5.38. The Morgan fingerprint density at radius 2 is 1.79 bits per heavy atom. The Morgan fingerprint density at radius 3 is 2.21 bits per heavy atom. The van der Waals surface area contributed by atoms with Crippen molar-refractivity contribution in [3.8, 4) is 0 Å². The lowest BCUT2D eigenvalue weighted by Crippen LogP contribution is -2.40. The molecule has 0 spiro atoms. The zero-order valence-corrected chi connectivity index (χ0v) is 11.4. The molecular formula is C14H20F3NO. The van der Waals surface area contributed by atoms with Crippen molar-refractivity contribution in [3.63, 3.8) is 0 Å². The van der Waals surface area contributed by atoms with Gasteiger partial charge < -0.3 is 10.1 Å². The van der Waals surface area contributed by atoms with Crippen LogP contribution in [0.15, 0.2) is 24.3 Å². The molecule has 2 nitrogen and oxygen atoms in total. The summed E-state index contributed by atoms with van der Waals surface area (Å²) in [5, 5.41) is 3.28. The highest BCUT2D eigenvalue weighted by atomic mass is 19.4. The summed E-state index contributed by atoms with van der Waals surface area (Å²) in [5.41, 5.74) is 0.249. The Kier molecular flexibility index (Phi) is 5.82. The van der Waals surface area contributed by atoms with Crippen molar-refractivity contribution in [2.24, 2.45) is 0 Å². The molecule has 0 amide bonds. The second-order valence-electron chi connectivity index (χ2n) is 4.50. The van der Waals surface area contributed by atoms with Crippen LogP contribution in [0.2, 0.25) is 0 Å². The highest BCUT2D eigenvalue weighted by Crippen LogP contribution is 2.29. The first kappa shape index (κ1) is 16.0. The standard InChI is InChI=1S/C14H20F3NO/c1-4-18-13(10(2)19-3)9-11-5-7-12(8-6-11)14(15,16)17/h5-8,10,13,18H,4,9H2,1-3H3. The van der Waals surface area contributed by atoms with Crippen LogP contribution in [-0.2, 0) is 17.3 Å². The molecule has 0 heterocycles. The maximum atomic E-state index is 12.5. The summed E-state index contributed by atoms with van der Waals surface area (Å²) < 4.78 is 42.6. The van der Waals surface area contributed by atoms with Crippen LogP contribution >= 0.6 is 0 Å². The topological polar surface area (TPSA) is 21.3 Å². The van der Waals surface area contributed by atoms with Crippen LogP contribution in [0.1, 0.15) is 25.0 Å². The van der Waals surface area contributed by atoms with Gasteiger partial charge in [0, 0.05) is 13.2 Å². The zero-order chi connectivity index (χ0) is 14.5. The van der Waals surface area contributed by atoms with Gasteiger partial charge in [-0.05, 0) is 37.6 Å². The SMILES string of the molecule is CCNC(Cc1ccc(C(F)(F)F)cc1)C(C)OC. The number of rotatable bonds is 6. The number of ether oxygens (including phenoxy) is 1. The average molecular weight is 275 g/mol. The average Bonchev–Trinajstić information content (AvgIpc) is 2.37. The highest BCUT2D eigenvalue weighted by Gasteiger charge is 2.30. The first-order valence-electron chi connectivity index (χ1n) is 6.30. The number of benzene rings is 1. The minimum absolute atomic E-state index is 0.00208. The predicted octanol–water partition coefficient (Wildman–Crippen LogP) is 3.26. The lowest BCUT2D eigenvalue weighted by Gasteiger charge is -2.24. The number of hydrogen-bond donors (Lipinski definition) is 1. The van der Waals surface area contributed by atoms with Crippen LogP contribution in [0, 0.1) is 0 Å². The summed E-state index contributed by atoms with van der Waals surface area (Å²) in [6.07, 6.45) is -3.64. The summed E-state index contributed by atoms with van der Waals surface area (Å²) in [5.74, 6) is 0. The van der Waals surface area contributed by atoms with Crippen LogP contribution < -0.4 is 5.32 Å². The zero-order valence-electron chi connectivity index (χ0n) is 11.4. The van der Waals surface area contributed by atoms with E-state index in [1.54, 1.807) is 7.11 Å². The minimum atomic E-state index is -4.28. The van der Waals surface area contributed by atoms with E-state index in [-0.39, 0.29) is 12.1 Å². The molecule has 0 aliphatic heterocycles. The number of hydrogen-bond acceptors (Lipinski definition) is 2. The second-order valence-corrected chi connectivity index (χ2v) is 4.50. The predicted molar refractivity (Wildman–Crippen MR) is 69.1 cm³/mol. The van der Waals surface area contributed by atoms with Crippen molar-refractivity contribution < 1.29 is 17.9 Å². The lowest BCUT2D eigenvalue weighted by molar-refractivity contribution is -0.137. The van der Waals surface area contributed by atoms with Gasteiger partial charge in [-0.3, -0.25) is 0 Å². The van der Waals surface area contributed by atoms with Gasteiger partial charge in [-0.25, -0.2) is 0 Å². The van der Waals surface area contributed by atoms with Crippen LogP contribution in [0.25, 0.3) is 0 Å². The molecule has 1 aromatic rings. The van der Waals surface area contributed by atoms with E-state index < -0.39 is 11.7 Å². The molecule has 0 aromatic heterocycles. The first-order chi connectivity index (χ1) is 8.88. The number of methoxy groups -OCH3 is 1. The lowest BCUT2D eigenvalue weighted by atomic mass is 10.0. The number of likely N-dealkylation sites (N-methyl/N-ethyl adjacent to an activating group) is 1. The second kappa shape index (κ2) is 6.91. The van der Waals surface area contributed by atoms with E-state index in [1.807, 2.05) is 13.8 Å². The maximum absolute atomic E-state index is 12.5. The van der Waals surface area contributed by atoms with Crippen LogP contribution in [0.3, 0.4) is 0 Å². The van der Waals surface area contributed by atoms with Gasteiger partial charge in [-0.2, -0.15) is 13.2 Å². The Bertz CT molecular complexity index is 375. The van der Waals surface area contributed by atoms with Crippen molar-refractivity contribution >= 4 is 0 Å². The van der Waals surface area contributed by atoms with Gasteiger partial charge in [0.15, 0.2) is 0 Å². The molecule has 1 N–H and O–H groups in total. The first-order valence-corrected chi connectivity index (χ1v) is 6.30. The third-order valence-corrected chi connectivity index (χ3v) is 3.14. The van der Waals surface area contributed by atoms with Gasteiger partial charge in [-0.15, -0.1) is 0 Å². The molecule has 5 heteroatoms. The molecule has 0 bridgehead atoms. The highest BCUT2D eigenvalue weighted by molar-refractivity contribution is 5.25. The molecule has 0 radical (unpaired) electrons. The monoisotopic (exact) mass is 275 g/mol. The fraction of sp³-hybridized carbons (Fsp3) is 0.571. The number of nitrogens with one attached hydrogen (secondary N) is 1.